The summed E-state index contributed by atoms with van der Waals surface area (Å²) in [5, 5.41) is 1.78. The molecule has 0 N–H and O–H groups in total. The van der Waals surface area contributed by atoms with Gasteiger partial charge < -0.3 is 9.64 Å². The molecule has 0 bridgehead atoms. The molecule has 0 radical (unpaired) electrons. The van der Waals surface area contributed by atoms with Crippen molar-refractivity contribution in [3.63, 3.8) is 0 Å². The Bertz CT molecular complexity index is 348. The Kier molecular flexibility index (Phi) is 2.75. The number of ether oxygens (including phenoxy) is 1. The van der Waals surface area contributed by atoms with Crippen LogP contribution in [0.2, 0.25) is 0 Å². The standard InChI is InChI=1S/C10H14N2O2S/c1-10(2)6-12(3-4-14-10)9(13)8-5-15-7-11-8/h5,7H,3-4,6H2,1-2H3. The highest BCUT2D eigenvalue weighted by molar-refractivity contribution is 7.07. The van der Waals surface area contributed by atoms with Gasteiger partial charge in [0, 0.05) is 18.5 Å². The highest BCUT2D eigenvalue weighted by atomic mass is 32.1. The van der Waals surface area contributed by atoms with Crippen molar-refractivity contribution in [2.45, 2.75) is 19.4 Å². The van der Waals surface area contributed by atoms with Crippen molar-refractivity contribution in [2.24, 2.45) is 0 Å². The Labute approximate surface area is 92.9 Å². The summed E-state index contributed by atoms with van der Waals surface area (Å²) in [5.74, 6) is 0.00706. The topological polar surface area (TPSA) is 42.4 Å². The second kappa shape index (κ2) is 3.90. The molecule has 0 aliphatic carbocycles. The molecule has 1 saturated heterocycles. The molecule has 4 nitrogen and oxygen atoms in total. The number of amides is 1. The molecule has 0 spiro atoms. The number of hydrogen-bond acceptors (Lipinski definition) is 4. The lowest BCUT2D eigenvalue weighted by atomic mass is 10.1. The van der Waals surface area contributed by atoms with E-state index in [9.17, 15) is 4.79 Å². The second-order valence-corrected chi connectivity index (χ2v) is 4.93. The molecule has 0 unspecified atom stereocenters. The molecular formula is C10H14N2O2S. The average Bonchev–Trinajstić information content (AvgIpc) is 2.67. The number of rotatable bonds is 1. The lowest BCUT2D eigenvalue weighted by Crippen LogP contribution is -2.50. The Morgan fingerprint density at radius 2 is 2.47 bits per heavy atom. The van der Waals surface area contributed by atoms with E-state index in [0.717, 1.165) is 0 Å². The molecule has 1 aromatic rings. The van der Waals surface area contributed by atoms with Gasteiger partial charge in [-0.2, -0.15) is 0 Å². The fourth-order valence-electron chi connectivity index (χ4n) is 1.67. The minimum absolute atomic E-state index is 0.00706. The van der Waals surface area contributed by atoms with Gasteiger partial charge in [0.15, 0.2) is 0 Å². The summed E-state index contributed by atoms with van der Waals surface area (Å²) in [7, 11) is 0. The van der Waals surface area contributed by atoms with Crippen LogP contribution in [0.3, 0.4) is 0 Å². The zero-order chi connectivity index (χ0) is 10.9. The summed E-state index contributed by atoms with van der Waals surface area (Å²) < 4.78 is 5.55. The van der Waals surface area contributed by atoms with Crippen molar-refractivity contribution >= 4 is 17.2 Å². The van der Waals surface area contributed by atoms with Gasteiger partial charge in [0.2, 0.25) is 0 Å². The predicted molar refractivity (Wildman–Crippen MR) is 58.0 cm³/mol. The molecule has 0 saturated carbocycles. The van der Waals surface area contributed by atoms with E-state index < -0.39 is 0 Å². The Hall–Kier alpha value is -0.940. The van der Waals surface area contributed by atoms with E-state index in [4.69, 9.17) is 4.74 Å². The summed E-state index contributed by atoms with van der Waals surface area (Å²) in [4.78, 5) is 17.8. The van der Waals surface area contributed by atoms with E-state index in [1.807, 2.05) is 13.8 Å². The molecule has 1 fully saturated rings. The van der Waals surface area contributed by atoms with Gasteiger partial charge in [0.1, 0.15) is 5.69 Å². The fraction of sp³-hybridized carbons (Fsp3) is 0.600. The van der Waals surface area contributed by atoms with Crippen LogP contribution in [-0.4, -0.2) is 41.1 Å². The summed E-state index contributed by atoms with van der Waals surface area (Å²) in [6, 6.07) is 0. The van der Waals surface area contributed by atoms with Crippen molar-refractivity contribution in [3.05, 3.63) is 16.6 Å². The van der Waals surface area contributed by atoms with Gasteiger partial charge in [-0.25, -0.2) is 4.98 Å². The molecule has 1 aliphatic heterocycles. The zero-order valence-electron chi connectivity index (χ0n) is 8.90. The van der Waals surface area contributed by atoms with E-state index in [0.29, 0.717) is 25.4 Å². The van der Waals surface area contributed by atoms with Crippen molar-refractivity contribution < 1.29 is 9.53 Å². The minimum atomic E-state index is -0.246. The number of carbonyl (C=O) groups is 1. The molecule has 5 heteroatoms. The molecular weight excluding hydrogens is 212 g/mol. The van der Waals surface area contributed by atoms with Crippen LogP contribution in [0, 0.1) is 0 Å². The van der Waals surface area contributed by atoms with Crippen LogP contribution >= 0.6 is 11.3 Å². The molecule has 1 aromatic heterocycles. The van der Waals surface area contributed by atoms with Crippen LogP contribution < -0.4 is 0 Å². The SMILES string of the molecule is CC1(C)CN(C(=O)c2cscn2)CCO1. The van der Waals surface area contributed by atoms with Gasteiger partial charge in [-0.15, -0.1) is 11.3 Å². The predicted octanol–water partition coefficient (Wildman–Crippen LogP) is 1.39. The average molecular weight is 226 g/mol. The maximum atomic E-state index is 12.0. The van der Waals surface area contributed by atoms with Crippen LogP contribution in [0.1, 0.15) is 24.3 Å². The summed E-state index contributed by atoms with van der Waals surface area (Å²) in [6.45, 7) is 5.87. The van der Waals surface area contributed by atoms with Crippen LogP contribution in [0.5, 0.6) is 0 Å². The maximum absolute atomic E-state index is 12.0. The first-order chi connectivity index (χ1) is 7.08. The third kappa shape index (κ3) is 2.35. The van der Waals surface area contributed by atoms with E-state index in [2.05, 4.69) is 4.98 Å². The van der Waals surface area contributed by atoms with Gasteiger partial charge in [-0.1, -0.05) is 0 Å². The minimum Gasteiger partial charge on any atom is -0.372 e. The lowest BCUT2D eigenvalue weighted by molar-refractivity contribution is -0.0764. The Morgan fingerprint density at radius 3 is 3.07 bits per heavy atom. The number of aromatic nitrogens is 1. The highest BCUT2D eigenvalue weighted by Crippen LogP contribution is 2.18. The van der Waals surface area contributed by atoms with E-state index in [1.54, 1.807) is 15.8 Å². The number of hydrogen-bond donors (Lipinski definition) is 0. The molecule has 0 aromatic carbocycles. The van der Waals surface area contributed by atoms with Gasteiger partial charge in [0.25, 0.3) is 5.91 Å². The molecule has 1 amide bonds. The Balaban J connectivity index is 2.08. The van der Waals surface area contributed by atoms with Crippen LogP contribution in [0.4, 0.5) is 0 Å². The van der Waals surface area contributed by atoms with Crippen molar-refractivity contribution in [1.29, 1.82) is 0 Å². The highest BCUT2D eigenvalue weighted by Gasteiger charge is 2.30. The van der Waals surface area contributed by atoms with Crippen LogP contribution in [0.15, 0.2) is 10.9 Å². The van der Waals surface area contributed by atoms with Gasteiger partial charge in [0.05, 0.1) is 17.7 Å². The Morgan fingerprint density at radius 1 is 1.67 bits per heavy atom. The lowest BCUT2D eigenvalue weighted by Gasteiger charge is -2.37. The molecule has 2 rings (SSSR count). The van der Waals surface area contributed by atoms with E-state index >= 15 is 0 Å². The van der Waals surface area contributed by atoms with E-state index in [1.165, 1.54) is 11.3 Å². The first-order valence-electron chi connectivity index (χ1n) is 4.90. The largest absolute Gasteiger partial charge is 0.372 e. The molecule has 0 atom stereocenters. The number of thiazole rings is 1. The van der Waals surface area contributed by atoms with Crippen LogP contribution in [-0.2, 0) is 4.74 Å². The quantitative estimate of drug-likeness (QED) is 0.727. The molecule has 15 heavy (non-hydrogen) atoms. The zero-order valence-corrected chi connectivity index (χ0v) is 9.71. The number of carbonyl (C=O) groups excluding carboxylic acids is 1. The molecule has 1 aliphatic rings. The summed E-state index contributed by atoms with van der Waals surface area (Å²) in [5.41, 5.74) is 1.97. The number of nitrogens with zero attached hydrogens (tertiary/aromatic N) is 2. The van der Waals surface area contributed by atoms with Crippen LogP contribution in [0.25, 0.3) is 0 Å². The third-order valence-corrected chi connectivity index (χ3v) is 2.95. The number of morpholine rings is 1. The second-order valence-electron chi connectivity index (χ2n) is 4.21. The van der Waals surface area contributed by atoms with E-state index in [-0.39, 0.29) is 11.5 Å². The first kappa shape index (κ1) is 10.6. The molecule has 82 valence electrons. The monoisotopic (exact) mass is 226 g/mol. The fourth-order valence-corrected chi connectivity index (χ4v) is 2.20. The first-order valence-corrected chi connectivity index (χ1v) is 5.84. The maximum Gasteiger partial charge on any atom is 0.273 e. The summed E-state index contributed by atoms with van der Waals surface area (Å²) in [6.07, 6.45) is 0. The van der Waals surface area contributed by atoms with Gasteiger partial charge >= 0.3 is 0 Å². The normalized spacial score (nSPS) is 20.3. The van der Waals surface area contributed by atoms with Crippen molar-refractivity contribution in [3.8, 4) is 0 Å². The van der Waals surface area contributed by atoms with Crippen molar-refractivity contribution in [2.75, 3.05) is 19.7 Å². The molecule has 2 heterocycles. The third-order valence-electron chi connectivity index (χ3n) is 2.36. The van der Waals surface area contributed by atoms with Gasteiger partial charge in [-0.3, -0.25) is 4.79 Å². The summed E-state index contributed by atoms with van der Waals surface area (Å²) >= 11 is 1.44. The smallest absolute Gasteiger partial charge is 0.273 e. The van der Waals surface area contributed by atoms with Crippen molar-refractivity contribution in [1.82, 2.24) is 9.88 Å². The van der Waals surface area contributed by atoms with Gasteiger partial charge in [-0.05, 0) is 13.8 Å².